The van der Waals surface area contributed by atoms with E-state index in [0.717, 1.165) is 4.31 Å². The van der Waals surface area contributed by atoms with E-state index in [1.54, 1.807) is 66.7 Å². The second-order valence-corrected chi connectivity index (χ2v) is 8.36. The Morgan fingerprint density at radius 3 is 2.23 bits per heavy atom. The van der Waals surface area contributed by atoms with Crippen molar-refractivity contribution in [3.63, 3.8) is 0 Å². The van der Waals surface area contributed by atoms with Crippen LogP contribution in [0.3, 0.4) is 0 Å². The van der Waals surface area contributed by atoms with Crippen LogP contribution in [-0.2, 0) is 14.8 Å². The Hall–Kier alpha value is -3.52. The summed E-state index contributed by atoms with van der Waals surface area (Å²) in [6.45, 7) is 1.88. The highest BCUT2D eigenvalue weighted by Gasteiger charge is 2.27. The summed E-state index contributed by atoms with van der Waals surface area (Å²) in [4.78, 5) is 12.9. The molecule has 0 bridgehead atoms. The fourth-order valence-corrected chi connectivity index (χ4v) is 4.38. The monoisotopic (exact) mass is 440 g/mol. The summed E-state index contributed by atoms with van der Waals surface area (Å²) in [6.07, 6.45) is 0. The van der Waals surface area contributed by atoms with E-state index >= 15 is 0 Å². The third kappa shape index (κ3) is 5.35. The van der Waals surface area contributed by atoms with E-state index in [1.807, 2.05) is 6.92 Å². The minimum atomic E-state index is -4.00. The lowest BCUT2D eigenvalue weighted by atomic mass is 10.3. The molecular weight excluding hydrogens is 416 g/mol. The van der Waals surface area contributed by atoms with Gasteiger partial charge in [0.2, 0.25) is 5.91 Å². The van der Waals surface area contributed by atoms with Gasteiger partial charge in [-0.15, -0.1) is 0 Å². The molecule has 0 aliphatic rings. The molecule has 0 fully saturated rings. The number of carbonyl (C=O) groups is 1. The van der Waals surface area contributed by atoms with Gasteiger partial charge in [-0.25, -0.2) is 8.42 Å². The third-order valence-electron chi connectivity index (χ3n) is 4.44. The predicted octanol–water partition coefficient (Wildman–Crippen LogP) is 3.93. The number of sulfonamides is 1. The molecule has 3 rings (SSSR count). The maximum absolute atomic E-state index is 13.4. The minimum Gasteiger partial charge on any atom is -0.497 e. The van der Waals surface area contributed by atoms with Gasteiger partial charge in [0, 0.05) is 0 Å². The van der Waals surface area contributed by atoms with Gasteiger partial charge in [0.25, 0.3) is 10.0 Å². The molecule has 0 radical (unpaired) electrons. The topological polar surface area (TPSA) is 84.9 Å². The van der Waals surface area contributed by atoms with Crippen molar-refractivity contribution >= 4 is 27.3 Å². The lowest BCUT2D eigenvalue weighted by molar-refractivity contribution is -0.114. The van der Waals surface area contributed by atoms with Gasteiger partial charge < -0.3 is 14.8 Å². The molecule has 0 saturated carbocycles. The molecule has 3 aromatic carbocycles. The van der Waals surface area contributed by atoms with Gasteiger partial charge in [0.15, 0.2) is 0 Å². The molecule has 8 heteroatoms. The normalized spacial score (nSPS) is 10.9. The van der Waals surface area contributed by atoms with E-state index in [0.29, 0.717) is 29.5 Å². The molecule has 0 saturated heterocycles. The maximum atomic E-state index is 13.4. The molecule has 0 spiro atoms. The van der Waals surface area contributed by atoms with Crippen LogP contribution in [0.15, 0.2) is 83.8 Å². The fraction of sp³-hybridized carbons (Fsp3) is 0.174. The molecule has 0 aliphatic carbocycles. The average molecular weight is 441 g/mol. The number of methoxy groups -OCH3 is 1. The lowest BCUT2D eigenvalue weighted by Gasteiger charge is -2.24. The highest BCUT2D eigenvalue weighted by molar-refractivity contribution is 7.92. The quantitative estimate of drug-likeness (QED) is 0.545. The van der Waals surface area contributed by atoms with E-state index in [-0.39, 0.29) is 4.90 Å². The summed E-state index contributed by atoms with van der Waals surface area (Å²) in [6, 6.07) is 21.5. The van der Waals surface area contributed by atoms with Crippen LogP contribution in [0, 0.1) is 0 Å². The van der Waals surface area contributed by atoms with E-state index in [2.05, 4.69) is 5.32 Å². The van der Waals surface area contributed by atoms with Gasteiger partial charge in [0.05, 0.1) is 30.0 Å². The van der Waals surface area contributed by atoms with Gasteiger partial charge in [-0.2, -0.15) is 0 Å². The van der Waals surface area contributed by atoms with Crippen LogP contribution < -0.4 is 19.1 Å². The van der Waals surface area contributed by atoms with Crippen LogP contribution in [0.5, 0.6) is 11.5 Å². The number of benzene rings is 3. The van der Waals surface area contributed by atoms with Crippen molar-refractivity contribution in [1.82, 2.24) is 0 Å². The second-order valence-electron chi connectivity index (χ2n) is 6.50. The van der Waals surface area contributed by atoms with Crippen molar-refractivity contribution in [2.75, 3.05) is 29.9 Å². The van der Waals surface area contributed by atoms with Crippen LogP contribution >= 0.6 is 0 Å². The molecular formula is C23H24N2O5S. The molecule has 7 nitrogen and oxygen atoms in total. The Labute approximate surface area is 182 Å². The summed E-state index contributed by atoms with van der Waals surface area (Å²) >= 11 is 0. The summed E-state index contributed by atoms with van der Waals surface area (Å²) in [7, 11) is -2.50. The first-order chi connectivity index (χ1) is 15.0. The fourth-order valence-electron chi connectivity index (χ4n) is 2.96. The Bertz CT molecular complexity index is 1120. The molecule has 0 aliphatic heterocycles. The molecule has 162 valence electrons. The van der Waals surface area contributed by atoms with Crippen molar-refractivity contribution in [3.05, 3.63) is 78.9 Å². The Balaban J connectivity index is 1.90. The van der Waals surface area contributed by atoms with Gasteiger partial charge in [-0.3, -0.25) is 9.10 Å². The predicted molar refractivity (Wildman–Crippen MR) is 120 cm³/mol. The van der Waals surface area contributed by atoms with Crippen molar-refractivity contribution in [3.8, 4) is 11.5 Å². The zero-order chi connectivity index (χ0) is 22.3. The number of hydrogen-bond acceptors (Lipinski definition) is 5. The summed E-state index contributed by atoms with van der Waals surface area (Å²) in [5.74, 6) is 0.561. The number of rotatable bonds is 9. The number of ether oxygens (including phenoxy) is 2. The number of nitrogens with zero attached hydrogens (tertiary/aromatic N) is 1. The number of para-hydroxylation sites is 3. The molecule has 1 N–H and O–H groups in total. The standard InChI is InChI=1S/C23H24N2O5S/c1-3-30-22-12-8-7-11-21(22)24-23(26)17-25(18-9-5-4-6-10-18)31(27,28)20-15-13-19(29-2)14-16-20/h4-16H,3,17H2,1-2H3,(H,24,26). The first kappa shape index (κ1) is 22.2. The molecule has 0 aromatic heterocycles. The van der Waals surface area contributed by atoms with E-state index in [9.17, 15) is 13.2 Å². The van der Waals surface area contributed by atoms with E-state index < -0.39 is 22.5 Å². The van der Waals surface area contributed by atoms with Crippen molar-refractivity contribution in [2.45, 2.75) is 11.8 Å². The third-order valence-corrected chi connectivity index (χ3v) is 6.23. The van der Waals surface area contributed by atoms with Gasteiger partial charge in [-0.1, -0.05) is 30.3 Å². The maximum Gasteiger partial charge on any atom is 0.264 e. The molecule has 0 atom stereocenters. The first-order valence-electron chi connectivity index (χ1n) is 9.69. The van der Waals surface area contributed by atoms with Crippen LogP contribution in [0.1, 0.15) is 6.92 Å². The summed E-state index contributed by atoms with van der Waals surface area (Å²) in [5.41, 5.74) is 0.857. The van der Waals surface area contributed by atoms with Crippen LogP contribution in [-0.4, -0.2) is 34.6 Å². The van der Waals surface area contributed by atoms with Crippen molar-refractivity contribution < 1.29 is 22.7 Å². The highest BCUT2D eigenvalue weighted by Crippen LogP contribution is 2.26. The molecule has 0 heterocycles. The minimum absolute atomic E-state index is 0.0552. The van der Waals surface area contributed by atoms with Gasteiger partial charge >= 0.3 is 0 Å². The number of anilines is 2. The van der Waals surface area contributed by atoms with Crippen molar-refractivity contribution in [1.29, 1.82) is 0 Å². The number of nitrogens with one attached hydrogen (secondary N) is 1. The van der Waals surface area contributed by atoms with Gasteiger partial charge in [-0.05, 0) is 55.5 Å². The number of carbonyl (C=O) groups excluding carboxylic acids is 1. The molecule has 3 aromatic rings. The van der Waals surface area contributed by atoms with E-state index in [4.69, 9.17) is 9.47 Å². The smallest absolute Gasteiger partial charge is 0.264 e. The average Bonchev–Trinajstić information content (AvgIpc) is 2.79. The van der Waals surface area contributed by atoms with E-state index in [1.165, 1.54) is 19.2 Å². The Morgan fingerprint density at radius 2 is 1.58 bits per heavy atom. The largest absolute Gasteiger partial charge is 0.497 e. The zero-order valence-electron chi connectivity index (χ0n) is 17.3. The number of amides is 1. The van der Waals surface area contributed by atoms with Gasteiger partial charge in [0.1, 0.15) is 18.0 Å². The van der Waals surface area contributed by atoms with Crippen LogP contribution in [0.2, 0.25) is 0 Å². The van der Waals surface area contributed by atoms with Crippen LogP contribution in [0.25, 0.3) is 0 Å². The highest BCUT2D eigenvalue weighted by atomic mass is 32.2. The number of hydrogen-bond donors (Lipinski definition) is 1. The summed E-state index contributed by atoms with van der Waals surface area (Å²) in [5, 5.41) is 2.75. The van der Waals surface area contributed by atoms with Crippen LogP contribution in [0.4, 0.5) is 11.4 Å². The Morgan fingerprint density at radius 1 is 0.935 bits per heavy atom. The second kappa shape index (κ2) is 9.99. The molecule has 31 heavy (non-hydrogen) atoms. The Kier molecular flexibility index (Phi) is 7.15. The molecule has 0 unspecified atom stereocenters. The lowest BCUT2D eigenvalue weighted by Crippen LogP contribution is -2.38. The first-order valence-corrected chi connectivity index (χ1v) is 11.1. The summed E-state index contributed by atoms with van der Waals surface area (Å²) < 4.78 is 38.4. The zero-order valence-corrected chi connectivity index (χ0v) is 18.1. The van der Waals surface area contributed by atoms with Crippen molar-refractivity contribution in [2.24, 2.45) is 0 Å². The molecule has 1 amide bonds. The SMILES string of the molecule is CCOc1ccccc1NC(=O)CN(c1ccccc1)S(=O)(=O)c1ccc(OC)cc1.